The Morgan fingerprint density at radius 1 is 1.18 bits per heavy atom. The molecule has 3 fully saturated rings. The number of nitrogens with two attached hydrogens (primary N) is 2. The fourth-order valence-electron chi connectivity index (χ4n) is 7.32. The summed E-state index contributed by atoms with van der Waals surface area (Å²) in [5.74, 6) is 1.11. The van der Waals surface area contributed by atoms with Gasteiger partial charge in [0.05, 0.1) is 24.9 Å². The van der Waals surface area contributed by atoms with Crippen molar-refractivity contribution >= 4 is 11.9 Å². The Morgan fingerprint density at radius 3 is 2.67 bits per heavy atom. The molecule has 0 aromatic heterocycles. The number of piperidine rings is 1. The van der Waals surface area contributed by atoms with Gasteiger partial charge >= 0.3 is 5.97 Å². The van der Waals surface area contributed by atoms with Gasteiger partial charge in [-0.05, 0) is 62.7 Å². The van der Waals surface area contributed by atoms with E-state index >= 15 is 0 Å². The third-order valence-electron chi connectivity index (χ3n) is 9.34. The fourth-order valence-corrected chi connectivity index (χ4v) is 7.32. The third kappa shape index (κ3) is 10.6. The van der Waals surface area contributed by atoms with Gasteiger partial charge in [-0.1, -0.05) is 26.2 Å². The van der Waals surface area contributed by atoms with Crippen molar-refractivity contribution in [1.82, 2.24) is 4.90 Å². The van der Waals surface area contributed by atoms with E-state index < -0.39 is 12.2 Å². The molecule has 9 heteroatoms. The van der Waals surface area contributed by atoms with Crippen LogP contribution in [-0.4, -0.2) is 84.3 Å². The van der Waals surface area contributed by atoms with E-state index in [1.165, 1.54) is 13.3 Å². The van der Waals surface area contributed by atoms with Gasteiger partial charge in [0.25, 0.3) is 0 Å². The Labute approximate surface area is 235 Å². The average molecular weight is 555 g/mol. The van der Waals surface area contributed by atoms with Crippen molar-refractivity contribution in [3.63, 3.8) is 0 Å². The number of aliphatic hydroxyl groups is 2. The largest absolute Gasteiger partial charge is 0.462 e. The number of likely N-dealkylation sites (tertiary alicyclic amines) is 1. The van der Waals surface area contributed by atoms with Crippen LogP contribution in [0.15, 0.2) is 0 Å². The van der Waals surface area contributed by atoms with E-state index in [4.69, 9.17) is 15.2 Å². The minimum atomic E-state index is -0.602. The lowest BCUT2D eigenvalue weighted by atomic mass is 9.75. The standard InChI is InChI=1S/C30H55N3O6/c1-4-5-6-7-25(35)17-26(39-20(2)34)9-8-21-13-24(30(37)27(14-21)38-3)19-33-18-23(16-29(33)36)12-22-10-11-32-28(31)15-22/h21-28,30,32,35,37H,4-19,31H2,1-3H3/p+1/t21?,22?,23-,24?,25-,26+,27?,28?,30?/m0/s1. The van der Waals surface area contributed by atoms with E-state index in [0.717, 1.165) is 70.9 Å². The molecule has 2 aliphatic heterocycles. The normalized spacial score (nSPS) is 33.2. The van der Waals surface area contributed by atoms with Crippen LogP contribution < -0.4 is 11.1 Å². The lowest BCUT2D eigenvalue weighted by Gasteiger charge is -2.40. The molecule has 2 heterocycles. The number of carbonyl (C=O) groups excluding carboxylic acids is 2. The van der Waals surface area contributed by atoms with Crippen LogP contribution in [0.5, 0.6) is 0 Å². The first-order chi connectivity index (χ1) is 18.7. The molecule has 39 heavy (non-hydrogen) atoms. The van der Waals surface area contributed by atoms with Crippen LogP contribution in [0.3, 0.4) is 0 Å². The molecule has 9 nitrogen and oxygen atoms in total. The summed E-state index contributed by atoms with van der Waals surface area (Å²) in [6.07, 6.45) is 9.81. The smallest absolute Gasteiger partial charge is 0.302 e. The molecule has 6 unspecified atom stereocenters. The van der Waals surface area contributed by atoms with Crippen LogP contribution >= 0.6 is 0 Å². The number of hydrogen-bond acceptors (Lipinski definition) is 7. The summed E-state index contributed by atoms with van der Waals surface area (Å²) in [6, 6.07) is 0. The van der Waals surface area contributed by atoms with Crippen molar-refractivity contribution in [2.45, 2.75) is 128 Å². The SMILES string of the molecule is CCCCC[C@H](O)C[C@@H](CCC1CC(CN2C[C@@H](CC3CC[NH2+]C(N)C3)CC2=O)C(O)C(OC)C1)OC(C)=O. The van der Waals surface area contributed by atoms with Crippen molar-refractivity contribution in [3.8, 4) is 0 Å². The third-order valence-corrected chi connectivity index (χ3v) is 9.34. The summed E-state index contributed by atoms with van der Waals surface area (Å²) in [5, 5.41) is 23.8. The number of methoxy groups -OCH3 is 1. The lowest BCUT2D eigenvalue weighted by Crippen LogP contribution is -2.94. The predicted molar refractivity (Wildman–Crippen MR) is 149 cm³/mol. The van der Waals surface area contributed by atoms with Crippen LogP contribution in [0.1, 0.15) is 97.3 Å². The molecular formula is C30H56N3O6+. The van der Waals surface area contributed by atoms with Gasteiger partial charge in [0.2, 0.25) is 5.91 Å². The molecule has 6 N–H and O–H groups in total. The second kappa shape index (κ2) is 16.2. The number of carbonyl (C=O) groups is 2. The number of unbranched alkanes of at least 4 members (excludes halogenated alkanes) is 2. The van der Waals surface area contributed by atoms with Gasteiger partial charge in [0, 0.05) is 52.3 Å². The number of amides is 1. The number of nitrogens with zero attached hydrogens (tertiary/aromatic N) is 1. The van der Waals surface area contributed by atoms with E-state index in [9.17, 15) is 19.8 Å². The van der Waals surface area contributed by atoms with Gasteiger partial charge < -0.3 is 29.9 Å². The molecule has 1 saturated carbocycles. The Bertz CT molecular complexity index is 754. The molecule has 2 saturated heterocycles. The quantitative estimate of drug-likeness (QED) is 0.179. The lowest BCUT2D eigenvalue weighted by molar-refractivity contribution is -0.699. The summed E-state index contributed by atoms with van der Waals surface area (Å²) < 4.78 is 11.3. The Kier molecular flexibility index (Phi) is 13.4. The molecule has 1 amide bonds. The molecule has 0 spiro atoms. The zero-order chi connectivity index (χ0) is 28.4. The highest BCUT2D eigenvalue weighted by Gasteiger charge is 2.41. The zero-order valence-electron chi connectivity index (χ0n) is 24.6. The monoisotopic (exact) mass is 554 g/mol. The Balaban J connectivity index is 1.52. The Morgan fingerprint density at radius 2 is 1.97 bits per heavy atom. The van der Waals surface area contributed by atoms with Gasteiger partial charge in [-0.3, -0.25) is 15.3 Å². The molecule has 0 radical (unpaired) electrons. The van der Waals surface area contributed by atoms with Gasteiger partial charge in [-0.15, -0.1) is 0 Å². The van der Waals surface area contributed by atoms with E-state index in [0.29, 0.717) is 43.6 Å². The molecule has 226 valence electrons. The summed E-state index contributed by atoms with van der Waals surface area (Å²) in [6.45, 7) is 5.96. The number of aliphatic hydroxyl groups excluding tert-OH is 2. The highest BCUT2D eigenvalue weighted by atomic mass is 16.5. The number of ether oxygens (including phenoxy) is 2. The van der Waals surface area contributed by atoms with Gasteiger partial charge in [-0.25, -0.2) is 0 Å². The van der Waals surface area contributed by atoms with Crippen molar-refractivity contribution in [3.05, 3.63) is 0 Å². The second-order valence-corrected chi connectivity index (χ2v) is 12.7. The minimum Gasteiger partial charge on any atom is -0.462 e. The fraction of sp³-hybridized carbons (Fsp3) is 0.933. The van der Waals surface area contributed by atoms with E-state index in [2.05, 4.69) is 12.2 Å². The molecule has 9 atom stereocenters. The summed E-state index contributed by atoms with van der Waals surface area (Å²) in [5.41, 5.74) is 6.14. The van der Waals surface area contributed by atoms with E-state index in [1.54, 1.807) is 7.11 Å². The average Bonchev–Trinajstić information content (AvgIpc) is 3.22. The molecule has 0 bridgehead atoms. The highest BCUT2D eigenvalue weighted by Crippen LogP contribution is 2.37. The van der Waals surface area contributed by atoms with Crippen LogP contribution in [0.25, 0.3) is 0 Å². The molecule has 0 aromatic rings. The van der Waals surface area contributed by atoms with Gasteiger partial charge in [-0.2, -0.15) is 0 Å². The zero-order valence-corrected chi connectivity index (χ0v) is 24.6. The Hall–Kier alpha value is -1.26. The molecule has 0 aromatic carbocycles. The number of quaternary nitrogens is 1. The van der Waals surface area contributed by atoms with Crippen LogP contribution in [0.2, 0.25) is 0 Å². The maximum Gasteiger partial charge on any atom is 0.302 e. The van der Waals surface area contributed by atoms with Crippen molar-refractivity contribution in [2.24, 2.45) is 29.4 Å². The van der Waals surface area contributed by atoms with Crippen LogP contribution in [0.4, 0.5) is 0 Å². The first-order valence-electron chi connectivity index (χ1n) is 15.6. The maximum absolute atomic E-state index is 12.9. The first-order valence-corrected chi connectivity index (χ1v) is 15.6. The van der Waals surface area contributed by atoms with E-state index in [1.807, 2.05) is 4.90 Å². The number of esters is 1. The molecule has 3 rings (SSSR count). The maximum atomic E-state index is 12.9. The number of hydrogen-bond donors (Lipinski definition) is 4. The van der Waals surface area contributed by atoms with Crippen molar-refractivity contribution < 1.29 is 34.6 Å². The highest BCUT2D eigenvalue weighted by molar-refractivity contribution is 5.78. The molecule has 3 aliphatic rings. The van der Waals surface area contributed by atoms with Gasteiger partial charge in [0.1, 0.15) is 12.3 Å². The first kappa shape index (κ1) is 32.3. The topological polar surface area (TPSA) is 139 Å². The van der Waals surface area contributed by atoms with Crippen LogP contribution in [-0.2, 0) is 19.1 Å². The summed E-state index contributed by atoms with van der Waals surface area (Å²) in [7, 11) is 1.64. The summed E-state index contributed by atoms with van der Waals surface area (Å²) in [4.78, 5) is 26.6. The number of rotatable bonds is 15. The second-order valence-electron chi connectivity index (χ2n) is 12.7. The summed E-state index contributed by atoms with van der Waals surface area (Å²) >= 11 is 0. The molecule has 1 aliphatic carbocycles. The molecular weight excluding hydrogens is 498 g/mol. The predicted octanol–water partition coefficient (Wildman–Crippen LogP) is 1.93. The van der Waals surface area contributed by atoms with Gasteiger partial charge in [0.15, 0.2) is 0 Å². The minimum absolute atomic E-state index is 0.0408. The van der Waals surface area contributed by atoms with E-state index in [-0.39, 0.29) is 36.2 Å². The van der Waals surface area contributed by atoms with Crippen molar-refractivity contribution in [2.75, 3.05) is 26.7 Å². The van der Waals surface area contributed by atoms with Crippen molar-refractivity contribution in [1.29, 1.82) is 0 Å². The van der Waals surface area contributed by atoms with Crippen LogP contribution in [0, 0.1) is 23.7 Å².